The molecule has 1 aromatic carbocycles. The zero-order valence-electron chi connectivity index (χ0n) is 15.1. The highest BCUT2D eigenvalue weighted by Crippen LogP contribution is 2.15. The van der Waals surface area contributed by atoms with Gasteiger partial charge < -0.3 is 9.84 Å². The van der Waals surface area contributed by atoms with Crippen molar-refractivity contribution in [2.24, 2.45) is 5.92 Å². The molecule has 0 saturated carbocycles. The van der Waals surface area contributed by atoms with Crippen LogP contribution >= 0.6 is 0 Å². The van der Waals surface area contributed by atoms with Crippen LogP contribution in [-0.2, 0) is 16.1 Å². The first-order valence-corrected chi connectivity index (χ1v) is 8.11. The lowest BCUT2D eigenvalue weighted by Crippen LogP contribution is -2.52. The molecule has 0 aliphatic heterocycles. The number of ether oxygens (including phenoxy) is 1. The van der Waals surface area contributed by atoms with Crippen LogP contribution in [-0.4, -0.2) is 33.8 Å². The topological polar surface area (TPSA) is 78.9 Å². The number of nitrogens with zero attached hydrogens (tertiary/aromatic N) is 1. The molecule has 2 N–H and O–H groups in total. The van der Waals surface area contributed by atoms with E-state index in [1.54, 1.807) is 20.8 Å². The monoisotopic (exact) mass is 336 g/mol. The van der Waals surface area contributed by atoms with Crippen LogP contribution in [0.4, 0.5) is 4.79 Å². The minimum absolute atomic E-state index is 0.171. The summed E-state index contributed by atoms with van der Waals surface area (Å²) < 4.78 is 5.26. The van der Waals surface area contributed by atoms with E-state index in [2.05, 4.69) is 5.43 Å². The minimum atomic E-state index is -0.976. The molecule has 0 saturated heterocycles. The van der Waals surface area contributed by atoms with Crippen LogP contribution in [0.15, 0.2) is 30.3 Å². The first kappa shape index (κ1) is 20.0. The van der Waals surface area contributed by atoms with Crippen LogP contribution in [0, 0.1) is 5.92 Å². The van der Waals surface area contributed by atoms with Gasteiger partial charge in [-0.3, -0.25) is 10.2 Å². The third-order valence-electron chi connectivity index (χ3n) is 3.19. The number of benzene rings is 1. The van der Waals surface area contributed by atoms with E-state index in [1.165, 1.54) is 5.01 Å². The number of amides is 1. The number of hydrogen-bond donors (Lipinski definition) is 2. The summed E-state index contributed by atoms with van der Waals surface area (Å²) in [5, 5.41) is 11.0. The lowest BCUT2D eigenvalue weighted by molar-refractivity contribution is -0.145. The molecule has 1 atom stereocenters. The van der Waals surface area contributed by atoms with Crippen LogP contribution in [0.1, 0.15) is 46.6 Å². The molecule has 0 fully saturated rings. The fourth-order valence-corrected chi connectivity index (χ4v) is 2.23. The largest absolute Gasteiger partial charge is 0.480 e. The predicted molar refractivity (Wildman–Crippen MR) is 92.2 cm³/mol. The van der Waals surface area contributed by atoms with Gasteiger partial charge in [-0.2, -0.15) is 5.01 Å². The van der Waals surface area contributed by atoms with Crippen molar-refractivity contribution in [1.29, 1.82) is 0 Å². The van der Waals surface area contributed by atoms with Crippen LogP contribution in [0.5, 0.6) is 0 Å². The molecule has 1 rings (SSSR count). The second-order valence-electron chi connectivity index (χ2n) is 7.21. The number of hydrazine groups is 1. The van der Waals surface area contributed by atoms with Crippen molar-refractivity contribution in [2.75, 3.05) is 0 Å². The van der Waals surface area contributed by atoms with Gasteiger partial charge in [-0.05, 0) is 38.7 Å². The van der Waals surface area contributed by atoms with Gasteiger partial charge in [0.2, 0.25) is 0 Å². The van der Waals surface area contributed by atoms with Gasteiger partial charge in [-0.15, -0.1) is 0 Å². The lowest BCUT2D eigenvalue weighted by Gasteiger charge is -2.31. The molecule has 134 valence electrons. The van der Waals surface area contributed by atoms with Gasteiger partial charge in [0.25, 0.3) is 0 Å². The van der Waals surface area contributed by atoms with E-state index in [-0.39, 0.29) is 12.5 Å². The van der Waals surface area contributed by atoms with Gasteiger partial charge in [0.05, 0.1) is 0 Å². The van der Waals surface area contributed by atoms with Gasteiger partial charge in [-0.1, -0.05) is 44.2 Å². The van der Waals surface area contributed by atoms with Crippen molar-refractivity contribution in [1.82, 2.24) is 10.4 Å². The van der Waals surface area contributed by atoms with E-state index >= 15 is 0 Å². The maximum atomic E-state index is 12.1. The van der Waals surface area contributed by atoms with Crippen LogP contribution in [0.3, 0.4) is 0 Å². The minimum Gasteiger partial charge on any atom is -0.480 e. The number of carbonyl (C=O) groups excluding carboxylic acids is 1. The van der Waals surface area contributed by atoms with E-state index in [1.807, 2.05) is 44.2 Å². The molecule has 0 radical (unpaired) electrons. The molecular weight excluding hydrogens is 308 g/mol. The highest BCUT2D eigenvalue weighted by Gasteiger charge is 2.29. The summed E-state index contributed by atoms with van der Waals surface area (Å²) in [6.45, 7) is 9.46. The quantitative estimate of drug-likeness (QED) is 0.746. The summed E-state index contributed by atoms with van der Waals surface area (Å²) in [6.07, 6.45) is -0.244. The Balaban J connectivity index is 2.96. The summed E-state index contributed by atoms with van der Waals surface area (Å²) in [6, 6.07) is 8.57. The van der Waals surface area contributed by atoms with Crippen LogP contribution in [0.25, 0.3) is 0 Å². The maximum absolute atomic E-state index is 12.1. The van der Waals surface area contributed by atoms with Crippen LogP contribution < -0.4 is 5.43 Å². The van der Waals surface area contributed by atoms with Crippen molar-refractivity contribution in [3.05, 3.63) is 35.9 Å². The Morgan fingerprint density at radius 2 is 1.79 bits per heavy atom. The molecule has 0 unspecified atom stereocenters. The van der Waals surface area contributed by atoms with Gasteiger partial charge in [-0.25, -0.2) is 4.79 Å². The second-order valence-corrected chi connectivity index (χ2v) is 7.21. The first-order chi connectivity index (χ1) is 11.1. The van der Waals surface area contributed by atoms with E-state index in [9.17, 15) is 14.7 Å². The van der Waals surface area contributed by atoms with E-state index in [4.69, 9.17) is 4.74 Å². The third kappa shape index (κ3) is 7.46. The average Bonchev–Trinajstić information content (AvgIpc) is 2.42. The normalized spacial score (nSPS) is 13.0. The zero-order valence-corrected chi connectivity index (χ0v) is 15.1. The Morgan fingerprint density at radius 3 is 2.25 bits per heavy atom. The molecule has 6 heteroatoms. The zero-order chi connectivity index (χ0) is 18.3. The van der Waals surface area contributed by atoms with Gasteiger partial charge in [0.1, 0.15) is 11.6 Å². The number of carboxylic acid groups (broad SMARTS) is 1. The molecule has 6 nitrogen and oxygen atoms in total. The molecular formula is C18H28N2O4. The van der Waals surface area contributed by atoms with Crippen molar-refractivity contribution in [2.45, 2.75) is 59.2 Å². The highest BCUT2D eigenvalue weighted by atomic mass is 16.6. The SMILES string of the molecule is CC(C)C[C@@H](C(=O)O)N(Cc1ccccc1)NC(=O)OC(C)(C)C. The van der Waals surface area contributed by atoms with Gasteiger partial charge in [0, 0.05) is 6.54 Å². The maximum Gasteiger partial charge on any atom is 0.422 e. The molecule has 24 heavy (non-hydrogen) atoms. The smallest absolute Gasteiger partial charge is 0.422 e. The lowest BCUT2D eigenvalue weighted by atomic mass is 10.0. The summed E-state index contributed by atoms with van der Waals surface area (Å²) in [7, 11) is 0. The van der Waals surface area contributed by atoms with Crippen molar-refractivity contribution < 1.29 is 19.4 Å². The number of carboxylic acids is 1. The Hall–Kier alpha value is -2.08. The van der Waals surface area contributed by atoms with E-state index in [0.29, 0.717) is 6.42 Å². The molecule has 0 heterocycles. The van der Waals surface area contributed by atoms with Crippen LogP contribution in [0.2, 0.25) is 0 Å². The molecule has 1 aromatic rings. The van der Waals surface area contributed by atoms with Crippen molar-refractivity contribution >= 4 is 12.1 Å². The summed E-state index contributed by atoms with van der Waals surface area (Å²) in [5.74, 6) is -0.805. The fraction of sp³-hybridized carbons (Fsp3) is 0.556. The summed E-state index contributed by atoms with van der Waals surface area (Å²) in [4.78, 5) is 23.8. The Labute approximate surface area is 143 Å². The number of rotatable bonds is 7. The average molecular weight is 336 g/mol. The van der Waals surface area contributed by atoms with Crippen molar-refractivity contribution in [3.63, 3.8) is 0 Å². The summed E-state index contributed by atoms with van der Waals surface area (Å²) >= 11 is 0. The second kappa shape index (κ2) is 8.68. The molecule has 0 spiro atoms. The number of carbonyl (C=O) groups is 2. The third-order valence-corrected chi connectivity index (χ3v) is 3.19. The number of aliphatic carboxylic acids is 1. The number of hydrogen-bond acceptors (Lipinski definition) is 4. The van der Waals surface area contributed by atoms with Gasteiger partial charge >= 0.3 is 12.1 Å². The standard InChI is InChI=1S/C18H28N2O4/c1-13(2)11-15(16(21)22)20(12-14-9-7-6-8-10-14)19-17(23)24-18(3,4)5/h6-10,13,15H,11-12H2,1-5H3,(H,19,23)(H,21,22)/t15-/m0/s1. The summed E-state index contributed by atoms with van der Waals surface area (Å²) in [5.41, 5.74) is 2.85. The Bertz CT molecular complexity index is 538. The highest BCUT2D eigenvalue weighted by molar-refractivity contribution is 5.74. The number of nitrogens with one attached hydrogen (secondary N) is 1. The Morgan fingerprint density at radius 1 is 1.21 bits per heavy atom. The van der Waals surface area contributed by atoms with E-state index < -0.39 is 23.7 Å². The molecule has 1 amide bonds. The molecule has 0 bridgehead atoms. The molecule has 0 aliphatic rings. The van der Waals surface area contributed by atoms with Gasteiger partial charge in [0.15, 0.2) is 0 Å². The van der Waals surface area contributed by atoms with Crippen molar-refractivity contribution in [3.8, 4) is 0 Å². The Kier molecular flexibility index (Phi) is 7.22. The molecule has 0 aromatic heterocycles. The van der Waals surface area contributed by atoms with E-state index in [0.717, 1.165) is 5.56 Å². The predicted octanol–water partition coefficient (Wildman–Crippen LogP) is 3.43. The fourth-order valence-electron chi connectivity index (χ4n) is 2.23. The molecule has 0 aliphatic carbocycles. The first-order valence-electron chi connectivity index (χ1n) is 8.11.